The zero-order valence-electron chi connectivity index (χ0n) is 19.2. The normalized spacial score (nSPS) is 13.0. The van der Waals surface area contributed by atoms with Crippen LogP contribution in [0.25, 0.3) is 11.1 Å². The lowest BCUT2D eigenvalue weighted by atomic mass is 9.98. The number of hydrogen-bond acceptors (Lipinski definition) is 4. The molecular formula is C27H25ClN2O5. The van der Waals surface area contributed by atoms with Crippen molar-refractivity contribution in [3.05, 3.63) is 88.4 Å². The molecule has 0 radical (unpaired) electrons. The Morgan fingerprint density at radius 3 is 2.14 bits per heavy atom. The van der Waals surface area contributed by atoms with Crippen LogP contribution < -0.4 is 10.6 Å². The van der Waals surface area contributed by atoms with Crippen LogP contribution >= 0.6 is 11.6 Å². The van der Waals surface area contributed by atoms with E-state index in [-0.39, 0.29) is 34.7 Å². The summed E-state index contributed by atoms with van der Waals surface area (Å²) in [5, 5.41) is 14.7. The summed E-state index contributed by atoms with van der Waals surface area (Å²) in [6, 6.07) is 19.2. The smallest absolute Gasteiger partial charge is 0.407 e. The molecular weight excluding hydrogens is 468 g/mol. The van der Waals surface area contributed by atoms with Gasteiger partial charge < -0.3 is 20.5 Å². The summed E-state index contributed by atoms with van der Waals surface area (Å²) in [5.74, 6) is -2.03. The Balaban J connectivity index is 1.43. The van der Waals surface area contributed by atoms with Crippen LogP contribution in [0.15, 0.2) is 66.7 Å². The molecule has 8 heteroatoms. The zero-order chi connectivity index (χ0) is 25.1. The van der Waals surface area contributed by atoms with Crippen LogP contribution in [0, 0.1) is 5.92 Å². The van der Waals surface area contributed by atoms with Gasteiger partial charge in [-0.05, 0) is 46.4 Å². The summed E-state index contributed by atoms with van der Waals surface area (Å²) >= 11 is 5.97. The average Bonchev–Trinajstić information content (AvgIpc) is 3.14. The molecule has 4 rings (SSSR count). The summed E-state index contributed by atoms with van der Waals surface area (Å²) in [5.41, 5.74) is 4.60. The minimum absolute atomic E-state index is 0.0570. The van der Waals surface area contributed by atoms with Crippen LogP contribution in [0.1, 0.15) is 41.3 Å². The molecule has 0 bridgehead atoms. The molecule has 0 spiro atoms. The van der Waals surface area contributed by atoms with Crippen molar-refractivity contribution in [3.8, 4) is 11.1 Å². The van der Waals surface area contributed by atoms with Crippen molar-refractivity contribution in [2.45, 2.75) is 25.8 Å². The first-order chi connectivity index (χ1) is 16.7. The maximum Gasteiger partial charge on any atom is 0.407 e. The Hall–Kier alpha value is -3.84. The number of amides is 2. The van der Waals surface area contributed by atoms with E-state index in [0.717, 1.165) is 22.3 Å². The summed E-state index contributed by atoms with van der Waals surface area (Å²) < 4.78 is 5.56. The van der Waals surface area contributed by atoms with Gasteiger partial charge in [0.05, 0.1) is 5.56 Å². The van der Waals surface area contributed by atoms with E-state index in [1.54, 1.807) is 13.8 Å². The van der Waals surface area contributed by atoms with Gasteiger partial charge in [-0.3, -0.25) is 4.79 Å². The number of ether oxygens (including phenoxy) is 1. The molecule has 35 heavy (non-hydrogen) atoms. The van der Waals surface area contributed by atoms with Crippen molar-refractivity contribution in [1.29, 1.82) is 0 Å². The fourth-order valence-electron chi connectivity index (χ4n) is 4.31. The maximum absolute atomic E-state index is 12.9. The minimum atomic E-state index is -1.17. The van der Waals surface area contributed by atoms with Crippen molar-refractivity contribution in [3.63, 3.8) is 0 Å². The van der Waals surface area contributed by atoms with E-state index in [0.29, 0.717) is 0 Å². The Morgan fingerprint density at radius 1 is 0.971 bits per heavy atom. The number of anilines is 1. The number of carbonyl (C=O) groups excluding carboxylic acids is 2. The van der Waals surface area contributed by atoms with Crippen molar-refractivity contribution < 1.29 is 24.2 Å². The number of alkyl carbamates (subject to hydrolysis) is 1. The highest BCUT2D eigenvalue weighted by molar-refractivity contribution is 6.31. The van der Waals surface area contributed by atoms with Crippen LogP contribution in [0.5, 0.6) is 0 Å². The topological polar surface area (TPSA) is 105 Å². The molecule has 2 amide bonds. The van der Waals surface area contributed by atoms with Gasteiger partial charge in [-0.25, -0.2) is 9.59 Å². The van der Waals surface area contributed by atoms with Crippen LogP contribution in [0.4, 0.5) is 10.5 Å². The number of rotatable bonds is 7. The number of nitrogens with one attached hydrogen (secondary N) is 2. The number of hydrogen-bond donors (Lipinski definition) is 3. The van der Waals surface area contributed by atoms with Gasteiger partial charge in [0.15, 0.2) is 0 Å². The first-order valence-electron chi connectivity index (χ1n) is 11.2. The van der Waals surface area contributed by atoms with Gasteiger partial charge in [0.25, 0.3) is 0 Å². The Bertz CT molecular complexity index is 1240. The highest BCUT2D eigenvalue weighted by atomic mass is 35.5. The molecule has 3 N–H and O–H groups in total. The van der Waals surface area contributed by atoms with E-state index < -0.39 is 24.0 Å². The van der Waals surface area contributed by atoms with Gasteiger partial charge in [-0.2, -0.15) is 0 Å². The lowest BCUT2D eigenvalue weighted by Crippen LogP contribution is -2.47. The molecule has 3 aromatic rings. The van der Waals surface area contributed by atoms with Crippen molar-refractivity contribution in [1.82, 2.24) is 5.32 Å². The molecule has 0 fully saturated rings. The molecule has 0 heterocycles. The van der Waals surface area contributed by atoms with E-state index in [9.17, 15) is 19.5 Å². The first-order valence-corrected chi connectivity index (χ1v) is 11.6. The molecule has 0 aromatic heterocycles. The first kappa shape index (κ1) is 24.3. The van der Waals surface area contributed by atoms with Gasteiger partial charge in [0.1, 0.15) is 12.6 Å². The Labute approximate surface area is 208 Å². The number of halogens is 1. The number of benzene rings is 3. The Morgan fingerprint density at radius 2 is 1.57 bits per heavy atom. The van der Waals surface area contributed by atoms with E-state index in [1.165, 1.54) is 18.2 Å². The minimum Gasteiger partial charge on any atom is -0.478 e. The molecule has 0 aliphatic heterocycles. The largest absolute Gasteiger partial charge is 0.478 e. The zero-order valence-corrected chi connectivity index (χ0v) is 20.0. The van der Waals surface area contributed by atoms with Crippen LogP contribution in [0.3, 0.4) is 0 Å². The fraction of sp³-hybridized carbons (Fsp3) is 0.222. The summed E-state index contributed by atoms with van der Waals surface area (Å²) in [4.78, 5) is 36.8. The predicted octanol–water partition coefficient (Wildman–Crippen LogP) is 5.54. The van der Waals surface area contributed by atoms with Gasteiger partial charge in [0.2, 0.25) is 5.91 Å². The van der Waals surface area contributed by atoms with Crippen molar-refractivity contribution in [2.24, 2.45) is 5.92 Å². The molecule has 1 aliphatic rings. The van der Waals surface area contributed by atoms with E-state index in [2.05, 4.69) is 22.8 Å². The maximum atomic E-state index is 12.9. The Kier molecular flexibility index (Phi) is 7.07. The second-order valence-corrected chi connectivity index (χ2v) is 9.15. The lowest BCUT2D eigenvalue weighted by Gasteiger charge is -2.22. The highest BCUT2D eigenvalue weighted by Gasteiger charge is 2.30. The molecule has 180 valence electrons. The monoisotopic (exact) mass is 492 g/mol. The molecule has 0 unspecified atom stereocenters. The molecule has 0 saturated carbocycles. The number of carboxylic acids is 1. The van der Waals surface area contributed by atoms with Crippen LogP contribution in [-0.4, -0.2) is 35.7 Å². The second-order valence-electron chi connectivity index (χ2n) is 8.71. The second kappa shape index (κ2) is 10.2. The van der Waals surface area contributed by atoms with Gasteiger partial charge in [0, 0.05) is 16.6 Å². The highest BCUT2D eigenvalue weighted by Crippen LogP contribution is 2.44. The number of fused-ring (bicyclic) bond motifs is 3. The van der Waals surface area contributed by atoms with Crippen molar-refractivity contribution >= 4 is 35.3 Å². The van der Waals surface area contributed by atoms with E-state index in [4.69, 9.17) is 16.3 Å². The average molecular weight is 493 g/mol. The summed E-state index contributed by atoms with van der Waals surface area (Å²) in [6.07, 6.45) is -0.710. The van der Waals surface area contributed by atoms with Gasteiger partial charge in [-0.15, -0.1) is 0 Å². The third-order valence-corrected chi connectivity index (χ3v) is 6.20. The summed E-state index contributed by atoms with van der Waals surface area (Å²) in [6.45, 7) is 3.70. The number of carboxylic acid groups (broad SMARTS) is 1. The van der Waals surface area contributed by atoms with E-state index >= 15 is 0 Å². The third kappa shape index (κ3) is 5.30. The molecule has 7 nitrogen and oxygen atoms in total. The molecule has 0 saturated heterocycles. The molecule has 1 atom stereocenters. The quantitative estimate of drug-likeness (QED) is 0.401. The fourth-order valence-corrected chi connectivity index (χ4v) is 4.54. The number of carbonyl (C=O) groups is 3. The standard InChI is InChI=1S/C27H25ClN2O5/c1-15(2)24(25(31)29-18-12-16(26(32)33)11-17(28)13-18)30-27(34)35-14-23-21-9-5-3-7-19(21)20-8-4-6-10-22(20)23/h3-13,15,23-24H,14H2,1-2H3,(H,29,31)(H,30,34)(H,32,33)/t24-/m0/s1. The van der Waals surface area contributed by atoms with Crippen LogP contribution in [0.2, 0.25) is 5.02 Å². The summed E-state index contributed by atoms with van der Waals surface area (Å²) in [7, 11) is 0. The SMILES string of the molecule is CC(C)[C@H](NC(=O)OCC1c2ccccc2-c2ccccc21)C(=O)Nc1cc(Cl)cc(C(=O)O)c1. The van der Waals surface area contributed by atoms with Crippen LogP contribution in [-0.2, 0) is 9.53 Å². The predicted molar refractivity (Wildman–Crippen MR) is 134 cm³/mol. The van der Waals surface area contributed by atoms with Gasteiger partial charge in [-0.1, -0.05) is 74.0 Å². The number of aromatic carboxylic acids is 1. The molecule has 1 aliphatic carbocycles. The lowest BCUT2D eigenvalue weighted by molar-refractivity contribution is -0.119. The van der Waals surface area contributed by atoms with Gasteiger partial charge >= 0.3 is 12.1 Å². The molecule has 3 aromatic carbocycles. The van der Waals surface area contributed by atoms with E-state index in [1.807, 2.05) is 36.4 Å². The third-order valence-electron chi connectivity index (χ3n) is 5.98. The van der Waals surface area contributed by atoms with Crippen molar-refractivity contribution in [2.75, 3.05) is 11.9 Å².